The first-order chi connectivity index (χ1) is 8.22. The Bertz CT molecular complexity index is 285. The van der Waals surface area contributed by atoms with Crippen LogP contribution in [0.3, 0.4) is 0 Å². The fourth-order valence-electron chi connectivity index (χ4n) is 2.26. The zero-order valence-electron chi connectivity index (χ0n) is 11.8. The van der Waals surface area contributed by atoms with E-state index in [0.717, 1.165) is 12.3 Å². The lowest BCUT2D eigenvalue weighted by molar-refractivity contribution is 0.385. The third-order valence-electron chi connectivity index (χ3n) is 3.45. The Balaban J connectivity index is 0.000000181. The van der Waals surface area contributed by atoms with E-state index in [9.17, 15) is 0 Å². The van der Waals surface area contributed by atoms with Crippen LogP contribution in [0.25, 0.3) is 0 Å². The van der Waals surface area contributed by atoms with Gasteiger partial charge in [-0.05, 0) is 24.8 Å². The summed E-state index contributed by atoms with van der Waals surface area (Å²) >= 11 is 0. The molecule has 1 aromatic rings. The second-order valence-corrected chi connectivity index (χ2v) is 5.33. The molecule has 0 atom stereocenters. The predicted molar refractivity (Wildman–Crippen MR) is 74.1 cm³/mol. The van der Waals surface area contributed by atoms with Crippen LogP contribution in [-0.2, 0) is 13.5 Å². The van der Waals surface area contributed by atoms with Crippen LogP contribution < -0.4 is 0 Å². The van der Waals surface area contributed by atoms with E-state index in [4.69, 9.17) is 0 Å². The zero-order chi connectivity index (χ0) is 12.5. The minimum atomic E-state index is 1.04. The molecule has 0 saturated heterocycles. The Morgan fingerprint density at radius 1 is 1.29 bits per heavy atom. The minimum absolute atomic E-state index is 1.04. The van der Waals surface area contributed by atoms with Crippen LogP contribution in [0.5, 0.6) is 0 Å². The van der Waals surface area contributed by atoms with Crippen LogP contribution in [0, 0.1) is 5.92 Å². The van der Waals surface area contributed by atoms with Crippen LogP contribution in [-0.4, -0.2) is 9.78 Å². The lowest BCUT2D eigenvalue weighted by Crippen LogP contribution is -1.99. The Kier molecular flexibility index (Phi) is 6.99. The van der Waals surface area contributed by atoms with Gasteiger partial charge in [-0.25, -0.2) is 0 Å². The third kappa shape index (κ3) is 6.50. The molecule has 0 N–H and O–H groups in total. The standard InChI is InChI=1S/C8H14N2.C7H14/c1-3-4-5-8-6-7-10(2)9-8;1-7-5-3-2-4-6-7/h6-7H,3-5H2,1-2H3;7H,2-6H2,1H3. The molecule has 1 fully saturated rings. The average molecular weight is 236 g/mol. The number of hydrogen-bond acceptors (Lipinski definition) is 1. The van der Waals surface area contributed by atoms with Crippen LogP contribution in [0.1, 0.15) is 64.5 Å². The molecule has 17 heavy (non-hydrogen) atoms. The lowest BCUT2D eigenvalue weighted by atomic mass is 9.91. The van der Waals surface area contributed by atoms with Gasteiger partial charge in [0, 0.05) is 13.2 Å². The Morgan fingerprint density at radius 3 is 2.41 bits per heavy atom. The SMILES string of the molecule is CC1CCCCC1.CCCCc1ccn(C)n1. The van der Waals surface area contributed by atoms with Crippen molar-refractivity contribution in [3.05, 3.63) is 18.0 Å². The number of unbranched alkanes of at least 4 members (excludes halogenated alkanes) is 1. The van der Waals surface area contributed by atoms with Crippen molar-refractivity contribution in [3.8, 4) is 0 Å². The van der Waals surface area contributed by atoms with E-state index in [1.54, 1.807) is 0 Å². The summed E-state index contributed by atoms with van der Waals surface area (Å²) in [6.07, 6.45) is 13.0. The number of nitrogens with zero attached hydrogens (tertiary/aromatic N) is 2. The first-order valence-corrected chi connectivity index (χ1v) is 7.21. The molecule has 1 aliphatic carbocycles. The van der Waals surface area contributed by atoms with Crippen LogP contribution >= 0.6 is 0 Å². The Labute approximate surface area is 106 Å². The molecule has 2 rings (SSSR count). The largest absolute Gasteiger partial charge is 0.276 e. The number of rotatable bonds is 3. The molecular weight excluding hydrogens is 208 g/mol. The average Bonchev–Trinajstić information content (AvgIpc) is 2.74. The predicted octanol–water partition coefficient (Wildman–Crippen LogP) is 4.35. The molecule has 2 nitrogen and oxygen atoms in total. The van der Waals surface area contributed by atoms with Gasteiger partial charge in [0.2, 0.25) is 0 Å². The van der Waals surface area contributed by atoms with Gasteiger partial charge in [-0.2, -0.15) is 5.10 Å². The summed E-state index contributed by atoms with van der Waals surface area (Å²) in [7, 11) is 1.95. The van der Waals surface area contributed by atoms with Crippen molar-refractivity contribution >= 4 is 0 Å². The second-order valence-electron chi connectivity index (χ2n) is 5.33. The van der Waals surface area contributed by atoms with Gasteiger partial charge in [0.05, 0.1) is 5.69 Å². The smallest absolute Gasteiger partial charge is 0.0624 e. The van der Waals surface area contributed by atoms with E-state index in [0.29, 0.717) is 0 Å². The fourth-order valence-corrected chi connectivity index (χ4v) is 2.26. The maximum atomic E-state index is 4.26. The molecule has 0 spiro atoms. The van der Waals surface area contributed by atoms with Crippen LogP contribution in [0.15, 0.2) is 12.3 Å². The summed E-state index contributed by atoms with van der Waals surface area (Å²) in [5.41, 5.74) is 1.21. The molecule has 0 unspecified atom stereocenters. The molecule has 2 heteroatoms. The van der Waals surface area contributed by atoms with Gasteiger partial charge in [-0.3, -0.25) is 4.68 Å². The molecule has 1 aliphatic rings. The van der Waals surface area contributed by atoms with Crippen molar-refractivity contribution in [3.63, 3.8) is 0 Å². The molecule has 1 aromatic heterocycles. The number of aromatic nitrogens is 2. The van der Waals surface area contributed by atoms with Gasteiger partial charge < -0.3 is 0 Å². The zero-order valence-corrected chi connectivity index (χ0v) is 11.8. The molecule has 0 aromatic carbocycles. The third-order valence-corrected chi connectivity index (χ3v) is 3.45. The summed E-state index contributed by atoms with van der Waals surface area (Å²) in [6.45, 7) is 4.56. The monoisotopic (exact) mass is 236 g/mol. The topological polar surface area (TPSA) is 17.8 Å². The maximum absolute atomic E-state index is 4.26. The van der Waals surface area contributed by atoms with Gasteiger partial charge in [0.15, 0.2) is 0 Å². The Hall–Kier alpha value is -0.790. The van der Waals surface area contributed by atoms with Gasteiger partial charge >= 0.3 is 0 Å². The van der Waals surface area contributed by atoms with Crippen LogP contribution in [0.4, 0.5) is 0 Å². The van der Waals surface area contributed by atoms with E-state index in [1.165, 1.54) is 50.6 Å². The lowest BCUT2D eigenvalue weighted by Gasteiger charge is -2.15. The minimum Gasteiger partial charge on any atom is -0.276 e. The van der Waals surface area contributed by atoms with E-state index >= 15 is 0 Å². The van der Waals surface area contributed by atoms with Crippen molar-refractivity contribution in [1.82, 2.24) is 9.78 Å². The highest BCUT2D eigenvalue weighted by Crippen LogP contribution is 2.22. The summed E-state index contributed by atoms with van der Waals surface area (Å²) in [5.74, 6) is 1.04. The summed E-state index contributed by atoms with van der Waals surface area (Å²) in [5, 5.41) is 4.26. The first-order valence-electron chi connectivity index (χ1n) is 7.21. The molecular formula is C15H28N2. The molecule has 0 amide bonds. The van der Waals surface area contributed by atoms with Crippen molar-refractivity contribution in [1.29, 1.82) is 0 Å². The fraction of sp³-hybridized carbons (Fsp3) is 0.800. The van der Waals surface area contributed by atoms with Gasteiger partial charge in [-0.15, -0.1) is 0 Å². The van der Waals surface area contributed by atoms with E-state index in [-0.39, 0.29) is 0 Å². The second kappa shape index (κ2) is 8.32. The normalized spacial score (nSPS) is 16.4. The van der Waals surface area contributed by atoms with E-state index in [1.807, 2.05) is 17.9 Å². The molecule has 98 valence electrons. The molecule has 1 heterocycles. The van der Waals surface area contributed by atoms with E-state index in [2.05, 4.69) is 25.0 Å². The maximum Gasteiger partial charge on any atom is 0.0624 e. The summed E-state index contributed by atoms with van der Waals surface area (Å²) < 4.78 is 1.85. The van der Waals surface area contributed by atoms with Gasteiger partial charge in [0.25, 0.3) is 0 Å². The highest BCUT2D eigenvalue weighted by molar-refractivity contribution is 4.98. The Morgan fingerprint density at radius 2 is 2.00 bits per heavy atom. The van der Waals surface area contributed by atoms with Crippen molar-refractivity contribution in [2.75, 3.05) is 0 Å². The first kappa shape index (κ1) is 14.3. The summed E-state index contributed by atoms with van der Waals surface area (Å²) in [4.78, 5) is 0. The van der Waals surface area contributed by atoms with Crippen molar-refractivity contribution < 1.29 is 0 Å². The van der Waals surface area contributed by atoms with Crippen molar-refractivity contribution in [2.45, 2.75) is 65.2 Å². The van der Waals surface area contributed by atoms with Gasteiger partial charge in [0.1, 0.15) is 0 Å². The van der Waals surface area contributed by atoms with Crippen molar-refractivity contribution in [2.24, 2.45) is 13.0 Å². The van der Waals surface area contributed by atoms with Gasteiger partial charge in [-0.1, -0.05) is 52.4 Å². The quantitative estimate of drug-likeness (QED) is 0.763. The van der Waals surface area contributed by atoms with E-state index < -0.39 is 0 Å². The highest BCUT2D eigenvalue weighted by Gasteiger charge is 2.05. The molecule has 0 bridgehead atoms. The number of aryl methyl sites for hydroxylation is 2. The summed E-state index contributed by atoms with van der Waals surface area (Å²) in [6, 6.07) is 2.08. The molecule has 0 aliphatic heterocycles. The number of hydrogen-bond donors (Lipinski definition) is 0. The molecule has 0 radical (unpaired) electrons. The molecule has 1 saturated carbocycles. The van der Waals surface area contributed by atoms with Crippen LogP contribution in [0.2, 0.25) is 0 Å². The highest BCUT2D eigenvalue weighted by atomic mass is 15.2.